The minimum atomic E-state index is 0.686. The van der Waals surface area contributed by atoms with E-state index in [1.54, 1.807) is 14.2 Å². The Bertz CT molecular complexity index is 355. The third-order valence-electron chi connectivity index (χ3n) is 2.90. The Labute approximate surface area is 116 Å². The predicted octanol–water partition coefficient (Wildman–Crippen LogP) is 2.99. The van der Waals surface area contributed by atoms with E-state index in [1.165, 1.54) is 12.8 Å². The molecule has 0 saturated heterocycles. The van der Waals surface area contributed by atoms with E-state index < -0.39 is 0 Å². The number of ether oxygens (including phenoxy) is 3. The van der Waals surface area contributed by atoms with Gasteiger partial charge in [-0.25, -0.2) is 0 Å². The standard InChI is InChI=1S/C15H25NO3/c1-5-6-7-8-19-15-13(17-3)9-12(11-16-2)10-14(15)18-4/h9-10,16H,5-8,11H2,1-4H3. The lowest BCUT2D eigenvalue weighted by Gasteiger charge is -2.16. The molecule has 0 radical (unpaired) electrons. The van der Waals surface area contributed by atoms with Gasteiger partial charge in [0.2, 0.25) is 5.75 Å². The highest BCUT2D eigenvalue weighted by atomic mass is 16.5. The number of benzene rings is 1. The molecule has 0 atom stereocenters. The van der Waals surface area contributed by atoms with Crippen LogP contribution in [0.15, 0.2) is 12.1 Å². The molecular weight excluding hydrogens is 242 g/mol. The van der Waals surface area contributed by atoms with Crippen LogP contribution in [0.25, 0.3) is 0 Å². The van der Waals surface area contributed by atoms with Crippen LogP contribution in [0.4, 0.5) is 0 Å². The zero-order valence-electron chi connectivity index (χ0n) is 12.4. The SMILES string of the molecule is CCCCCOc1c(OC)cc(CNC)cc1OC. The summed E-state index contributed by atoms with van der Waals surface area (Å²) >= 11 is 0. The highest BCUT2D eigenvalue weighted by Gasteiger charge is 2.13. The van der Waals surface area contributed by atoms with Crippen molar-refractivity contribution in [2.75, 3.05) is 27.9 Å². The van der Waals surface area contributed by atoms with Crippen LogP contribution in [0.5, 0.6) is 17.2 Å². The average molecular weight is 267 g/mol. The van der Waals surface area contributed by atoms with Crippen molar-refractivity contribution in [3.8, 4) is 17.2 Å². The number of nitrogens with one attached hydrogen (secondary N) is 1. The molecule has 0 amide bonds. The Morgan fingerprint density at radius 3 is 2.16 bits per heavy atom. The minimum absolute atomic E-state index is 0.686. The van der Waals surface area contributed by atoms with Crippen molar-refractivity contribution in [1.82, 2.24) is 5.32 Å². The van der Waals surface area contributed by atoms with Gasteiger partial charge in [0.15, 0.2) is 11.5 Å². The molecule has 0 aliphatic carbocycles. The molecule has 0 unspecified atom stereocenters. The van der Waals surface area contributed by atoms with E-state index in [4.69, 9.17) is 14.2 Å². The third kappa shape index (κ3) is 4.63. The van der Waals surface area contributed by atoms with Crippen LogP contribution in [0.3, 0.4) is 0 Å². The molecule has 1 rings (SSSR count). The van der Waals surface area contributed by atoms with Gasteiger partial charge in [-0.3, -0.25) is 0 Å². The molecule has 0 bridgehead atoms. The van der Waals surface area contributed by atoms with Gasteiger partial charge in [0.05, 0.1) is 20.8 Å². The number of hydrogen-bond acceptors (Lipinski definition) is 4. The van der Waals surface area contributed by atoms with Gasteiger partial charge in [-0.2, -0.15) is 0 Å². The summed E-state index contributed by atoms with van der Waals surface area (Å²) in [5.74, 6) is 2.14. The van der Waals surface area contributed by atoms with Crippen molar-refractivity contribution in [3.05, 3.63) is 17.7 Å². The molecule has 1 N–H and O–H groups in total. The van der Waals surface area contributed by atoms with Crippen LogP contribution in [0.2, 0.25) is 0 Å². The van der Waals surface area contributed by atoms with E-state index in [1.807, 2.05) is 19.2 Å². The summed E-state index contributed by atoms with van der Waals surface area (Å²) in [6.07, 6.45) is 3.39. The Morgan fingerprint density at radius 1 is 1.05 bits per heavy atom. The Hall–Kier alpha value is -1.42. The van der Waals surface area contributed by atoms with E-state index in [0.717, 1.165) is 30.0 Å². The summed E-state index contributed by atoms with van der Waals surface area (Å²) in [6, 6.07) is 3.96. The molecule has 0 saturated carbocycles. The minimum Gasteiger partial charge on any atom is -0.493 e. The van der Waals surface area contributed by atoms with Gasteiger partial charge in [-0.1, -0.05) is 19.8 Å². The van der Waals surface area contributed by atoms with Gasteiger partial charge >= 0.3 is 0 Å². The Kier molecular flexibility index (Phi) is 7.11. The van der Waals surface area contributed by atoms with Gasteiger partial charge in [0.25, 0.3) is 0 Å². The van der Waals surface area contributed by atoms with Crippen LogP contribution in [0, 0.1) is 0 Å². The molecule has 1 aromatic rings. The van der Waals surface area contributed by atoms with E-state index in [9.17, 15) is 0 Å². The molecule has 19 heavy (non-hydrogen) atoms. The van der Waals surface area contributed by atoms with Crippen molar-refractivity contribution in [2.24, 2.45) is 0 Å². The van der Waals surface area contributed by atoms with Crippen LogP contribution < -0.4 is 19.5 Å². The van der Waals surface area contributed by atoms with E-state index in [-0.39, 0.29) is 0 Å². The smallest absolute Gasteiger partial charge is 0.203 e. The van der Waals surface area contributed by atoms with Crippen molar-refractivity contribution >= 4 is 0 Å². The summed E-state index contributed by atoms with van der Waals surface area (Å²) < 4.78 is 16.6. The van der Waals surface area contributed by atoms with Gasteiger partial charge < -0.3 is 19.5 Å². The normalized spacial score (nSPS) is 10.3. The molecule has 0 fully saturated rings. The highest BCUT2D eigenvalue weighted by molar-refractivity contribution is 5.53. The molecule has 4 nitrogen and oxygen atoms in total. The van der Waals surface area contributed by atoms with E-state index in [2.05, 4.69) is 12.2 Å². The summed E-state index contributed by atoms with van der Waals surface area (Å²) in [4.78, 5) is 0. The molecule has 0 aromatic heterocycles. The monoisotopic (exact) mass is 267 g/mol. The molecule has 0 spiro atoms. The summed E-state index contributed by atoms with van der Waals surface area (Å²) in [6.45, 7) is 3.63. The van der Waals surface area contributed by atoms with Crippen molar-refractivity contribution in [1.29, 1.82) is 0 Å². The second kappa shape index (κ2) is 8.64. The summed E-state index contributed by atoms with van der Waals surface area (Å²) in [5.41, 5.74) is 1.11. The number of rotatable bonds is 9. The zero-order valence-corrected chi connectivity index (χ0v) is 12.4. The van der Waals surface area contributed by atoms with Crippen LogP contribution in [-0.2, 0) is 6.54 Å². The number of unbranched alkanes of at least 4 members (excludes halogenated alkanes) is 2. The number of hydrogen-bond donors (Lipinski definition) is 1. The van der Waals surface area contributed by atoms with Crippen molar-refractivity contribution < 1.29 is 14.2 Å². The fraction of sp³-hybridized carbons (Fsp3) is 0.600. The zero-order chi connectivity index (χ0) is 14.1. The molecule has 0 aliphatic rings. The second-order valence-corrected chi connectivity index (χ2v) is 4.42. The molecular formula is C15H25NO3. The third-order valence-corrected chi connectivity index (χ3v) is 2.90. The maximum atomic E-state index is 5.81. The lowest BCUT2D eigenvalue weighted by atomic mass is 10.1. The fourth-order valence-corrected chi connectivity index (χ4v) is 1.91. The highest BCUT2D eigenvalue weighted by Crippen LogP contribution is 2.38. The van der Waals surface area contributed by atoms with Crippen LogP contribution in [0.1, 0.15) is 31.7 Å². The lowest BCUT2D eigenvalue weighted by molar-refractivity contribution is 0.268. The fourth-order valence-electron chi connectivity index (χ4n) is 1.91. The molecule has 0 heterocycles. The first-order chi connectivity index (χ1) is 9.26. The molecule has 108 valence electrons. The summed E-state index contributed by atoms with van der Waals surface area (Å²) in [5, 5.41) is 3.11. The maximum Gasteiger partial charge on any atom is 0.203 e. The molecule has 0 aliphatic heterocycles. The quantitative estimate of drug-likeness (QED) is 0.698. The summed E-state index contributed by atoms with van der Waals surface area (Å²) in [7, 11) is 5.21. The predicted molar refractivity (Wildman–Crippen MR) is 77.3 cm³/mol. The Morgan fingerprint density at radius 2 is 1.68 bits per heavy atom. The van der Waals surface area contributed by atoms with Gasteiger partial charge in [-0.05, 0) is 31.2 Å². The van der Waals surface area contributed by atoms with E-state index in [0.29, 0.717) is 12.4 Å². The van der Waals surface area contributed by atoms with Gasteiger partial charge in [0, 0.05) is 6.54 Å². The topological polar surface area (TPSA) is 39.7 Å². The van der Waals surface area contributed by atoms with Gasteiger partial charge in [0.1, 0.15) is 0 Å². The largest absolute Gasteiger partial charge is 0.493 e. The van der Waals surface area contributed by atoms with Crippen LogP contribution in [-0.4, -0.2) is 27.9 Å². The number of methoxy groups -OCH3 is 2. The maximum absolute atomic E-state index is 5.81. The second-order valence-electron chi connectivity index (χ2n) is 4.42. The van der Waals surface area contributed by atoms with E-state index >= 15 is 0 Å². The van der Waals surface area contributed by atoms with Crippen LogP contribution >= 0.6 is 0 Å². The van der Waals surface area contributed by atoms with Gasteiger partial charge in [-0.15, -0.1) is 0 Å². The van der Waals surface area contributed by atoms with Crippen molar-refractivity contribution in [3.63, 3.8) is 0 Å². The Balaban J connectivity index is 2.86. The first-order valence-corrected chi connectivity index (χ1v) is 6.79. The molecule has 4 heteroatoms. The first kappa shape index (κ1) is 15.6. The lowest BCUT2D eigenvalue weighted by Crippen LogP contribution is -2.07. The first-order valence-electron chi connectivity index (χ1n) is 6.79. The molecule has 1 aromatic carbocycles. The average Bonchev–Trinajstić information content (AvgIpc) is 2.44. The van der Waals surface area contributed by atoms with Crippen molar-refractivity contribution in [2.45, 2.75) is 32.7 Å².